The Bertz CT molecular complexity index is 1110. The summed E-state index contributed by atoms with van der Waals surface area (Å²) in [5.74, 6) is 2.30. The van der Waals surface area contributed by atoms with Crippen molar-refractivity contribution in [2.75, 3.05) is 26.8 Å². The molecule has 1 N–H and O–H groups in total. The Morgan fingerprint density at radius 1 is 1.05 bits per heavy atom. The molecule has 0 bridgehead atoms. The van der Waals surface area contributed by atoms with Gasteiger partial charge in [-0.2, -0.15) is 13.2 Å². The highest BCUT2D eigenvalue weighted by Crippen LogP contribution is 2.32. The molecule has 9 nitrogen and oxygen atoms in total. The van der Waals surface area contributed by atoms with Gasteiger partial charge in [-0.25, -0.2) is 9.59 Å². The zero-order valence-electron chi connectivity index (χ0n) is 25.6. The predicted molar refractivity (Wildman–Crippen MR) is 158 cm³/mol. The number of aromatic amines is 1. The van der Waals surface area contributed by atoms with Gasteiger partial charge in [0.2, 0.25) is 0 Å². The van der Waals surface area contributed by atoms with E-state index in [1.807, 2.05) is 0 Å². The number of aromatic nitrogens is 2. The third kappa shape index (κ3) is 13.2. The second-order valence-electron chi connectivity index (χ2n) is 11.2. The summed E-state index contributed by atoms with van der Waals surface area (Å²) < 4.78 is 57.0. The lowest BCUT2D eigenvalue weighted by atomic mass is 10.0. The van der Waals surface area contributed by atoms with Crippen LogP contribution in [0, 0.1) is 12.3 Å². The molecule has 1 aliphatic heterocycles. The predicted octanol–water partition coefficient (Wildman–Crippen LogP) is 6.41. The van der Waals surface area contributed by atoms with Gasteiger partial charge in [0.15, 0.2) is 0 Å². The maximum Gasteiger partial charge on any atom is 0.423 e. The van der Waals surface area contributed by atoms with Crippen LogP contribution in [0.3, 0.4) is 0 Å². The van der Waals surface area contributed by atoms with Gasteiger partial charge < -0.3 is 19.1 Å². The molecule has 1 amide bonds. The van der Waals surface area contributed by atoms with E-state index in [0.717, 1.165) is 19.3 Å². The smallest absolute Gasteiger partial charge is 0.423 e. The maximum atomic E-state index is 13.2. The number of halogens is 3. The van der Waals surface area contributed by atoms with Crippen molar-refractivity contribution < 1.29 is 32.2 Å². The summed E-state index contributed by atoms with van der Waals surface area (Å²) in [7, 11) is 1.63. The number of hydrogen-bond acceptors (Lipinski definition) is 6. The first-order valence-corrected chi connectivity index (χ1v) is 15.6. The molecular formula is C31H48F3N3O6. The van der Waals surface area contributed by atoms with Crippen LogP contribution in [0.1, 0.15) is 115 Å². The van der Waals surface area contributed by atoms with E-state index in [-0.39, 0.29) is 19.6 Å². The van der Waals surface area contributed by atoms with Crippen LogP contribution < -0.4 is 11.2 Å². The molecule has 1 saturated heterocycles. The number of carbonyl (C=O) groups is 1. The summed E-state index contributed by atoms with van der Waals surface area (Å²) in [5.41, 5.74) is -4.14. The Balaban J connectivity index is 1.71. The molecule has 0 radical (unpaired) electrons. The van der Waals surface area contributed by atoms with E-state index in [9.17, 15) is 27.6 Å². The molecule has 43 heavy (non-hydrogen) atoms. The highest BCUT2D eigenvalue weighted by molar-refractivity contribution is 5.67. The third-order valence-corrected chi connectivity index (χ3v) is 7.67. The Kier molecular flexibility index (Phi) is 16.5. The minimum atomic E-state index is -4.96. The van der Waals surface area contributed by atoms with E-state index in [1.54, 1.807) is 12.0 Å². The van der Waals surface area contributed by atoms with Gasteiger partial charge in [0, 0.05) is 26.2 Å². The van der Waals surface area contributed by atoms with E-state index >= 15 is 0 Å². The van der Waals surface area contributed by atoms with E-state index in [1.165, 1.54) is 75.5 Å². The number of rotatable bonds is 20. The fourth-order valence-electron chi connectivity index (χ4n) is 5.15. The molecule has 2 heterocycles. The van der Waals surface area contributed by atoms with Crippen LogP contribution in [0.15, 0.2) is 15.8 Å². The van der Waals surface area contributed by atoms with Crippen molar-refractivity contribution in [3.05, 3.63) is 32.6 Å². The number of H-pyrrole nitrogens is 1. The first kappa shape index (κ1) is 36.4. The fraction of sp³-hybridized carbons (Fsp3) is 0.774. The monoisotopic (exact) mass is 615 g/mol. The van der Waals surface area contributed by atoms with Crippen molar-refractivity contribution in [3.63, 3.8) is 0 Å². The normalized spacial score (nSPS) is 18.5. The number of nitrogens with one attached hydrogen (secondary N) is 1. The summed E-state index contributed by atoms with van der Waals surface area (Å²) in [6.45, 7) is 2.40. The number of alkyl halides is 3. The largest absolute Gasteiger partial charge is 0.447 e. The molecule has 3 atom stereocenters. The summed E-state index contributed by atoms with van der Waals surface area (Å²) in [4.78, 5) is 39.6. The van der Waals surface area contributed by atoms with Crippen molar-refractivity contribution in [2.24, 2.45) is 0 Å². The molecule has 0 aromatic carbocycles. The Morgan fingerprint density at radius 2 is 1.60 bits per heavy atom. The Hall–Kier alpha value is -2.78. The molecule has 1 fully saturated rings. The minimum absolute atomic E-state index is 0.0397. The van der Waals surface area contributed by atoms with Crippen LogP contribution in [0.5, 0.6) is 0 Å². The van der Waals surface area contributed by atoms with Gasteiger partial charge >= 0.3 is 18.0 Å². The van der Waals surface area contributed by atoms with Crippen molar-refractivity contribution in [1.82, 2.24) is 14.5 Å². The number of amides is 1. The summed E-state index contributed by atoms with van der Waals surface area (Å²) >= 11 is 0. The van der Waals surface area contributed by atoms with Gasteiger partial charge in [-0.05, 0) is 6.42 Å². The third-order valence-electron chi connectivity index (χ3n) is 7.67. The molecule has 0 spiro atoms. The van der Waals surface area contributed by atoms with E-state index < -0.39 is 47.5 Å². The molecule has 1 aromatic heterocycles. The summed E-state index contributed by atoms with van der Waals surface area (Å²) in [6, 6.07) is 0. The van der Waals surface area contributed by atoms with Crippen molar-refractivity contribution in [1.29, 1.82) is 0 Å². The highest BCUT2D eigenvalue weighted by Gasteiger charge is 2.40. The van der Waals surface area contributed by atoms with Gasteiger partial charge in [-0.3, -0.25) is 14.3 Å². The molecule has 1 aromatic rings. The van der Waals surface area contributed by atoms with Crippen molar-refractivity contribution in [3.8, 4) is 12.3 Å². The zero-order chi connectivity index (χ0) is 31.7. The molecule has 0 aliphatic carbocycles. The van der Waals surface area contributed by atoms with Crippen LogP contribution in [0.4, 0.5) is 18.0 Å². The molecule has 1 aliphatic rings. The maximum absolute atomic E-state index is 13.2. The second kappa shape index (κ2) is 19.5. The average molecular weight is 616 g/mol. The second-order valence-corrected chi connectivity index (χ2v) is 11.2. The lowest BCUT2D eigenvalue weighted by molar-refractivity contribution is -0.139. The molecule has 0 unspecified atom stereocenters. The van der Waals surface area contributed by atoms with Crippen LogP contribution in [0.25, 0.3) is 0 Å². The zero-order valence-corrected chi connectivity index (χ0v) is 25.6. The van der Waals surface area contributed by atoms with Crippen molar-refractivity contribution >= 4 is 6.09 Å². The molecule has 2 rings (SSSR count). The van der Waals surface area contributed by atoms with Crippen LogP contribution in [-0.4, -0.2) is 59.6 Å². The van der Waals surface area contributed by atoms with Gasteiger partial charge in [-0.15, -0.1) is 6.42 Å². The standard InChI is InChI=1S/C31H48F3N3O6/c1-4-6-7-8-9-10-11-12-13-14-15-16-17-18-19-36(3)30(40)42-23-26-25(41-20-5-2)21-27(43-26)37-22-24(31(32,33)34)28(38)35-29(37)39/h2,22,25-27H,4,6-21,23H2,1,3H3,(H,35,38,39)/t25-,26+,27+/m0/s1. The molecule has 244 valence electrons. The molecule has 12 heteroatoms. The first-order chi connectivity index (χ1) is 20.6. The van der Waals surface area contributed by atoms with Crippen molar-refractivity contribution in [2.45, 2.75) is 128 Å². The number of ether oxygens (including phenoxy) is 3. The van der Waals surface area contributed by atoms with E-state index in [0.29, 0.717) is 17.3 Å². The SMILES string of the molecule is C#CCO[C@H]1C[C@H](n2cc(C(F)(F)F)c(=O)[nH]c2=O)O[C@@H]1COC(=O)N(C)CCCCCCCCCCCCCCCC. The number of hydrogen-bond donors (Lipinski definition) is 1. The van der Waals surface area contributed by atoms with Crippen LogP contribution in [0.2, 0.25) is 0 Å². The highest BCUT2D eigenvalue weighted by atomic mass is 19.4. The summed E-state index contributed by atoms with van der Waals surface area (Å²) in [5, 5.41) is 0. The average Bonchev–Trinajstić information content (AvgIpc) is 3.36. The van der Waals surface area contributed by atoms with Crippen LogP contribution in [-0.2, 0) is 20.4 Å². The van der Waals surface area contributed by atoms with Gasteiger partial charge in [0.1, 0.15) is 31.1 Å². The minimum Gasteiger partial charge on any atom is -0.447 e. The Labute approximate surface area is 252 Å². The number of carbonyl (C=O) groups excluding carboxylic acids is 1. The van der Waals surface area contributed by atoms with E-state index in [4.69, 9.17) is 20.6 Å². The number of unbranched alkanes of at least 4 members (excludes halogenated alkanes) is 13. The lowest BCUT2D eigenvalue weighted by Gasteiger charge is -2.21. The van der Waals surface area contributed by atoms with Crippen LogP contribution >= 0.6 is 0 Å². The van der Waals surface area contributed by atoms with Gasteiger partial charge in [0.05, 0.1) is 6.10 Å². The lowest BCUT2D eigenvalue weighted by Crippen LogP contribution is -2.37. The number of nitrogens with zero attached hydrogens (tertiary/aromatic N) is 2. The molecule has 0 saturated carbocycles. The van der Waals surface area contributed by atoms with Gasteiger partial charge in [0.25, 0.3) is 5.56 Å². The Morgan fingerprint density at radius 3 is 2.14 bits per heavy atom. The quantitative estimate of drug-likeness (QED) is 0.134. The van der Waals surface area contributed by atoms with E-state index in [2.05, 4.69) is 12.8 Å². The first-order valence-electron chi connectivity index (χ1n) is 15.6. The van der Waals surface area contributed by atoms with Gasteiger partial charge in [-0.1, -0.05) is 96.3 Å². The molecular weight excluding hydrogens is 567 g/mol. The fourth-order valence-corrected chi connectivity index (χ4v) is 5.15. The number of terminal acetylenes is 1. The topological polar surface area (TPSA) is 103 Å². The summed E-state index contributed by atoms with van der Waals surface area (Å²) in [6.07, 6.45) is 14.6.